The Kier molecular flexibility index (Phi) is 4.81. The minimum atomic E-state index is -3.68. The molecule has 0 aromatic carbocycles. The van der Waals surface area contributed by atoms with Crippen LogP contribution in [0.1, 0.15) is 6.92 Å². The number of sulfonamides is 1. The highest BCUT2D eigenvalue weighted by atomic mass is 35.5. The molecule has 1 atom stereocenters. The topological polar surface area (TPSA) is 61.2 Å². The quantitative estimate of drug-likeness (QED) is 0.858. The van der Waals surface area contributed by atoms with Gasteiger partial charge in [-0.25, -0.2) is 8.42 Å². The van der Waals surface area contributed by atoms with Crippen molar-refractivity contribution in [2.75, 3.05) is 13.6 Å². The lowest BCUT2D eigenvalue weighted by Gasteiger charge is -2.17. The number of hydrogen-bond donors (Lipinski definition) is 0. The van der Waals surface area contributed by atoms with E-state index in [0.29, 0.717) is 4.34 Å². The molecular formula is C9H10Cl2N2O2S2. The van der Waals surface area contributed by atoms with Gasteiger partial charge in [0.1, 0.15) is 9.23 Å². The zero-order chi connectivity index (χ0) is 13.2. The first-order valence-electron chi connectivity index (χ1n) is 4.59. The Labute approximate surface area is 114 Å². The van der Waals surface area contributed by atoms with Gasteiger partial charge in [0.15, 0.2) is 0 Å². The molecule has 0 saturated carbocycles. The van der Waals surface area contributed by atoms with Gasteiger partial charge in [-0.05, 0) is 13.0 Å². The lowest BCUT2D eigenvalue weighted by atomic mass is 10.2. The SMILES string of the molecule is CC(C#N)CN(C)S(=O)(=O)c1cc(Cl)sc1Cl. The Balaban J connectivity index is 3.04. The number of rotatable bonds is 4. The van der Waals surface area contributed by atoms with Crippen molar-refractivity contribution in [1.29, 1.82) is 5.26 Å². The van der Waals surface area contributed by atoms with Crippen molar-refractivity contribution in [3.8, 4) is 6.07 Å². The first-order chi connectivity index (χ1) is 7.78. The van der Waals surface area contributed by atoms with E-state index in [1.165, 1.54) is 13.1 Å². The maximum atomic E-state index is 12.1. The average Bonchev–Trinajstić information content (AvgIpc) is 2.58. The van der Waals surface area contributed by atoms with Crippen molar-refractivity contribution in [2.45, 2.75) is 11.8 Å². The predicted molar refractivity (Wildman–Crippen MR) is 68.9 cm³/mol. The molecule has 0 aliphatic rings. The summed E-state index contributed by atoms with van der Waals surface area (Å²) in [5.41, 5.74) is 0. The van der Waals surface area contributed by atoms with E-state index < -0.39 is 10.0 Å². The van der Waals surface area contributed by atoms with E-state index >= 15 is 0 Å². The Morgan fingerprint density at radius 2 is 2.18 bits per heavy atom. The van der Waals surface area contributed by atoms with Gasteiger partial charge in [-0.2, -0.15) is 9.57 Å². The van der Waals surface area contributed by atoms with Crippen molar-refractivity contribution < 1.29 is 8.42 Å². The second kappa shape index (κ2) is 5.55. The molecule has 4 nitrogen and oxygen atoms in total. The highest BCUT2D eigenvalue weighted by molar-refractivity contribution is 7.89. The van der Waals surface area contributed by atoms with Gasteiger partial charge < -0.3 is 0 Å². The number of nitrogens with zero attached hydrogens (tertiary/aromatic N) is 2. The molecule has 0 spiro atoms. The molecule has 8 heteroatoms. The van der Waals surface area contributed by atoms with E-state index in [0.717, 1.165) is 15.6 Å². The van der Waals surface area contributed by atoms with Gasteiger partial charge in [0.2, 0.25) is 10.0 Å². The van der Waals surface area contributed by atoms with Gasteiger partial charge in [0.25, 0.3) is 0 Å². The standard InChI is InChI=1S/C9H10Cl2N2O2S2/c1-6(4-12)5-13(2)17(14,15)7-3-8(10)16-9(7)11/h3,6H,5H2,1-2H3. The molecule has 0 saturated heterocycles. The minimum Gasteiger partial charge on any atom is -0.207 e. The summed E-state index contributed by atoms with van der Waals surface area (Å²) < 4.78 is 25.7. The van der Waals surface area contributed by atoms with Crippen LogP contribution in [0.4, 0.5) is 0 Å². The van der Waals surface area contributed by atoms with Crippen LogP contribution in [0.5, 0.6) is 0 Å². The molecule has 0 aliphatic heterocycles. The van der Waals surface area contributed by atoms with E-state index in [-0.39, 0.29) is 21.7 Å². The number of halogens is 2. The average molecular weight is 313 g/mol. The maximum absolute atomic E-state index is 12.1. The minimum absolute atomic E-state index is 0.0122. The Morgan fingerprint density at radius 3 is 2.59 bits per heavy atom. The molecule has 0 bridgehead atoms. The van der Waals surface area contributed by atoms with Crippen LogP contribution in [0.25, 0.3) is 0 Å². The normalized spacial score (nSPS) is 13.6. The molecule has 0 amide bonds. The summed E-state index contributed by atoms with van der Waals surface area (Å²) in [5.74, 6) is -0.386. The first-order valence-corrected chi connectivity index (χ1v) is 7.61. The van der Waals surface area contributed by atoms with Crippen LogP contribution in [0.15, 0.2) is 11.0 Å². The third-order valence-corrected chi connectivity index (χ3v) is 5.64. The lowest BCUT2D eigenvalue weighted by Crippen LogP contribution is -2.30. The third-order valence-electron chi connectivity index (χ3n) is 2.06. The van der Waals surface area contributed by atoms with Crippen LogP contribution in [0.3, 0.4) is 0 Å². The van der Waals surface area contributed by atoms with Gasteiger partial charge >= 0.3 is 0 Å². The van der Waals surface area contributed by atoms with E-state index in [2.05, 4.69) is 0 Å². The van der Waals surface area contributed by atoms with Crippen molar-refractivity contribution in [2.24, 2.45) is 5.92 Å². The summed E-state index contributed by atoms with van der Waals surface area (Å²) in [6, 6.07) is 3.29. The van der Waals surface area contributed by atoms with Crippen LogP contribution in [0.2, 0.25) is 8.67 Å². The van der Waals surface area contributed by atoms with Gasteiger partial charge in [-0.15, -0.1) is 11.3 Å². The summed E-state index contributed by atoms with van der Waals surface area (Å²) in [6.45, 7) is 1.76. The molecule has 0 radical (unpaired) electrons. The molecule has 1 heterocycles. The Hall–Kier alpha value is -0.320. The Morgan fingerprint density at radius 1 is 1.59 bits per heavy atom. The molecule has 0 aliphatic carbocycles. The molecule has 0 N–H and O–H groups in total. The summed E-state index contributed by atoms with van der Waals surface area (Å²) >= 11 is 12.5. The number of nitriles is 1. The first kappa shape index (κ1) is 14.7. The van der Waals surface area contributed by atoms with Crippen LogP contribution in [-0.2, 0) is 10.0 Å². The van der Waals surface area contributed by atoms with Crippen molar-refractivity contribution >= 4 is 44.6 Å². The molecule has 17 heavy (non-hydrogen) atoms. The van der Waals surface area contributed by atoms with Crippen LogP contribution in [0, 0.1) is 17.2 Å². The van der Waals surface area contributed by atoms with Crippen molar-refractivity contribution in [3.63, 3.8) is 0 Å². The fourth-order valence-corrected chi connectivity index (χ4v) is 4.56. The summed E-state index contributed by atoms with van der Waals surface area (Å²) in [4.78, 5) is -0.0122. The summed E-state index contributed by atoms with van der Waals surface area (Å²) in [6.07, 6.45) is 0. The zero-order valence-electron chi connectivity index (χ0n) is 9.15. The zero-order valence-corrected chi connectivity index (χ0v) is 12.3. The molecule has 1 unspecified atom stereocenters. The predicted octanol–water partition coefficient (Wildman–Crippen LogP) is 2.84. The van der Waals surface area contributed by atoms with Gasteiger partial charge in [0, 0.05) is 13.6 Å². The molecule has 1 aromatic rings. The lowest BCUT2D eigenvalue weighted by molar-refractivity contribution is 0.439. The van der Waals surface area contributed by atoms with Gasteiger partial charge in [-0.3, -0.25) is 0 Å². The van der Waals surface area contributed by atoms with Crippen molar-refractivity contribution in [1.82, 2.24) is 4.31 Å². The summed E-state index contributed by atoms with van der Waals surface area (Å²) in [5, 5.41) is 8.66. The fourth-order valence-electron chi connectivity index (χ4n) is 1.19. The van der Waals surface area contributed by atoms with Crippen LogP contribution in [-0.4, -0.2) is 26.3 Å². The molecular weight excluding hydrogens is 303 g/mol. The summed E-state index contributed by atoms with van der Waals surface area (Å²) in [7, 11) is -2.27. The Bertz CT molecular complexity index is 548. The van der Waals surface area contributed by atoms with E-state index in [1.807, 2.05) is 6.07 Å². The van der Waals surface area contributed by atoms with Gasteiger partial charge in [-0.1, -0.05) is 23.2 Å². The van der Waals surface area contributed by atoms with Gasteiger partial charge in [0.05, 0.1) is 16.3 Å². The monoisotopic (exact) mass is 312 g/mol. The highest BCUT2D eigenvalue weighted by Gasteiger charge is 2.26. The van der Waals surface area contributed by atoms with Crippen LogP contribution >= 0.6 is 34.5 Å². The van der Waals surface area contributed by atoms with E-state index in [1.54, 1.807) is 6.92 Å². The number of thiophene rings is 1. The second-order valence-electron chi connectivity index (χ2n) is 3.50. The van der Waals surface area contributed by atoms with Crippen LogP contribution < -0.4 is 0 Å². The molecule has 0 fully saturated rings. The van der Waals surface area contributed by atoms with E-state index in [4.69, 9.17) is 28.5 Å². The smallest absolute Gasteiger partial charge is 0.207 e. The fraction of sp³-hybridized carbons (Fsp3) is 0.444. The second-order valence-corrected chi connectivity index (χ2v) is 7.80. The highest BCUT2D eigenvalue weighted by Crippen LogP contribution is 2.35. The maximum Gasteiger partial charge on any atom is 0.245 e. The molecule has 1 rings (SSSR count). The molecule has 94 valence electrons. The van der Waals surface area contributed by atoms with Crippen molar-refractivity contribution in [3.05, 3.63) is 14.7 Å². The number of hydrogen-bond acceptors (Lipinski definition) is 4. The largest absolute Gasteiger partial charge is 0.245 e. The third kappa shape index (κ3) is 3.33. The van der Waals surface area contributed by atoms with E-state index in [9.17, 15) is 8.42 Å². The molecule has 1 aromatic heterocycles.